The predicted octanol–water partition coefficient (Wildman–Crippen LogP) is 4.19. The number of nitrogens with one attached hydrogen (secondary N) is 2. The molecule has 2 N–H and O–H groups in total. The molecular weight excluding hydrogens is 374 g/mol. The van der Waals surface area contributed by atoms with Gasteiger partial charge in [-0.25, -0.2) is 4.98 Å². The molecule has 0 radical (unpaired) electrons. The number of aryl methyl sites for hydroxylation is 2. The molecular formula is C24H33N5O. The smallest absolute Gasteiger partial charge is 0.225 e. The number of nitriles is 1. The Bertz CT molecular complexity index is 853. The van der Waals surface area contributed by atoms with Crippen LogP contribution in [0.1, 0.15) is 49.4 Å². The molecule has 0 saturated carbocycles. The standard InChI is InChI=1S/C22H27N5O.C2H6/c1-4-27(21-8-7-20(14-23)16-26-21)12-11-25-22(28)9-10-24-15-19-6-5-17(2)18(3)13-19;1-2/h5-8,11-13,16,24H,4,9-10,15H2,1-3H3,(H,25,28);1-2H3/b12-11+;. The van der Waals surface area contributed by atoms with Gasteiger partial charge in [0.25, 0.3) is 0 Å². The van der Waals surface area contributed by atoms with Gasteiger partial charge < -0.3 is 15.5 Å². The van der Waals surface area contributed by atoms with Crippen LogP contribution in [0.15, 0.2) is 48.9 Å². The Morgan fingerprint density at radius 1 is 1.20 bits per heavy atom. The van der Waals surface area contributed by atoms with Crippen molar-refractivity contribution in [1.82, 2.24) is 15.6 Å². The first-order chi connectivity index (χ1) is 14.5. The fourth-order valence-electron chi connectivity index (χ4n) is 2.61. The van der Waals surface area contributed by atoms with E-state index in [4.69, 9.17) is 5.26 Å². The molecule has 0 unspecified atom stereocenters. The molecule has 2 rings (SSSR count). The zero-order chi connectivity index (χ0) is 22.4. The lowest BCUT2D eigenvalue weighted by molar-refractivity contribution is -0.120. The molecule has 0 aliphatic heterocycles. The number of pyridine rings is 1. The maximum atomic E-state index is 12.0. The second kappa shape index (κ2) is 13.9. The first-order valence-corrected chi connectivity index (χ1v) is 10.4. The van der Waals surface area contributed by atoms with Crippen LogP contribution < -0.4 is 15.5 Å². The molecule has 0 spiro atoms. The molecule has 1 heterocycles. The van der Waals surface area contributed by atoms with Crippen molar-refractivity contribution >= 4 is 11.7 Å². The lowest BCUT2D eigenvalue weighted by Crippen LogP contribution is -2.25. The molecule has 30 heavy (non-hydrogen) atoms. The van der Waals surface area contributed by atoms with Crippen molar-refractivity contribution in [3.63, 3.8) is 0 Å². The summed E-state index contributed by atoms with van der Waals surface area (Å²) in [7, 11) is 0. The van der Waals surface area contributed by atoms with Crippen LogP contribution in [-0.2, 0) is 11.3 Å². The summed E-state index contributed by atoms with van der Waals surface area (Å²) < 4.78 is 0. The minimum Gasteiger partial charge on any atom is -0.332 e. The van der Waals surface area contributed by atoms with Crippen LogP contribution in [0.5, 0.6) is 0 Å². The predicted molar refractivity (Wildman–Crippen MR) is 123 cm³/mol. The second-order valence-electron chi connectivity index (χ2n) is 6.53. The molecule has 0 aliphatic rings. The van der Waals surface area contributed by atoms with Crippen molar-refractivity contribution in [2.24, 2.45) is 0 Å². The highest BCUT2D eigenvalue weighted by Gasteiger charge is 2.03. The number of anilines is 1. The monoisotopic (exact) mass is 407 g/mol. The van der Waals surface area contributed by atoms with E-state index in [1.54, 1.807) is 24.5 Å². The van der Waals surface area contributed by atoms with Crippen LogP contribution in [-0.4, -0.2) is 24.0 Å². The van der Waals surface area contributed by atoms with Crippen molar-refractivity contribution in [3.8, 4) is 6.07 Å². The summed E-state index contributed by atoms with van der Waals surface area (Å²) in [5, 5.41) is 14.9. The number of carbonyl (C=O) groups is 1. The van der Waals surface area contributed by atoms with Gasteiger partial charge in [0, 0.05) is 44.7 Å². The summed E-state index contributed by atoms with van der Waals surface area (Å²) in [5.41, 5.74) is 4.30. The fourth-order valence-corrected chi connectivity index (χ4v) is 2.61. The zero-order valence-corrected chi connectivity index (χ0v) is 18.7. The Labute approximate surface area is 180 Å². The number of carbonyl (C=O) groups excluding carboxylic acids is 1. The Hall–Kier alpha value is -3.17. The van der Waals surface area contributed by atoms with E-state index >= 15 is 0 Å². The lowest BCUT2D eigenvalue weighted by atomic mass is 10.1. The van der Waals surface area contributed by atoms with E-state index in [0.717, 1.165) is 12.4 Å². The Kier molecular flexibility index (Phi) is 11.5. The van der Waals surface area contributed by atoms with E-state index in [2.05, 4.69) is 47.7 Å². The SMILES string of the molecule is CC.CCN(/C=C/NC(=O)CCNCc1ccc(C)c(C)c1)c1ccc(C#N)cn1. The van der Waals surface area contributed by atoms with Crippen LogP contribution >= 0.6 is 0 Å². The van der Waals surface area contributed by atoms with Gasteiger partial charge in [0.05, 0.1) is 5.56 Å². The highest BCUT2D eigenvalue weighted by Crippen LogP contribution is 2.11. The summed E-state index contributed by atoms with van der Waals surface area (Å²) in [6.45, 7) is 12.2. The summed E-state index contributed by atoms with van der Waals surface area (Å²) >= 11 is 0. The zero-order valence-electron chi connectivity index (χ0n) is 18.7. The normalized spacial score (nSPS) is 10.1. The molecule has 1 amide bonds. The van der Waals surface area contributed by atoms with Gasteiger partial charge in [0.1, 0.15) is 11.9 Å². The number of nitrogens with zero attached hydrogens (tertiary/aromatic N) is 3. The number of hydrogen-bond acceptors (Lipinski definition) is 5. The average Bonchev–Trinajstić information content (AvgIpc) is 2.78. The largest absolute Gasteiger partial charge is 0.332 e. The molecule has 0 bridgehead atoms. The quantitative estimate of drug-likeness (QED) is 0.609. The van der Waals surface area contributed by atoms with Gasteiger partial charge in [0.2, 0.25) is 5.91 Å². The van der Waals surface area contributed by atoms with Crippen LogP contribution in [0.25, 0.3) is 0 Å². The summed E-state index contributed by atoms with van der Waals surface area (Å²) in [4.78, 5) is 18.1. The number of hydrogen-bond donors (Lipinski definition) is 2. The second-order valence-corrected chi connectivity index (χ2v) is 6.53. The first kappa shape index (κ1) is 24.9. The Balaban J connectivity index is 0.00000218. The van der Waals surface area contributed by atoms with Gasteiger partial charge in [-0.3, -0.25) is 4.79 Å². The van der Waals surface area contributed by atoms with Gasteiger partial charge in [-0.05, 0) is 49.6 Å². The molecule has 1 aromatic heterocycles. The van der Waals surface area contributed by atoms with E-state index in [1.165, 1.54) is 22.9 Å². The van der Waals surface area contributed by atoms with E-state index in [0.29, 0.717) is 25.1 Å². The Morgan fingerprint density at radius 3 is 2.57 bits per heavy atom. The van der Waals surface area contributed by atoms with Gasteiger partial charge in [-0.15, -0.1) is 0 Å². The van der Waals surface area contributed by atoms with Gasteiger partial charge >= 0.3 is 0 Å². The van der Waals surface area contributed by atoms with Crippen molar-refractivity contribution < 1.29 is 4.79 Å². The third-order valence-electron chi connectivity index (χ3n) is 4.44. The van der Waals surface area contributed by atoms with E-state index in [-0.39, 0.29) is 5.91 Å². The number of amides is 1. The van der Waals surface area contributed by atoms with Gasteiger partial charge in [0.15, 0.2) is 0 Å². The third kappa shape index (κ3) is 8.46. The van der Waals surface area contributed by atoms with Crippen molar-refractivity contribution in [2.45, 2.75) is 47.6 Å². The number of benzene rings is 1. The van der Waals surface area contributed by atoms with Crippen molar-refractivity contribution in [1.29, 1.82) is 5.26 Å². The maximum Gasteiger partial charge on any atom is 0.225 e. The minimum atomic E-state index is -0.0484. The summed E-state index contributed by atoms with van der Waals surface area (Å²) in [6.07, 6.45) is 5.33. The van der Waals surface area contributed by atoms with Gasteiger partial charge in [-0.1, -0.05) is 32.0 Å². The number of rotatable bonds is 9. The molecule has 0 fully saturated rings. The van der Waals surface area contributed by atoms with Crippen molar-refractivity contribution in [3.05, 3.63) is 71.2 Å². The third-order valence-corrected chi connectivity index (χ3v) is 4.44. The minimum absolute atomic E-state index is 0.0484. The van der Waals surface area contributed by atoms with E-state index in [1.807, 2.05) is 31.7 Å². The van der Waals surface area contributed by atoms with Gasteiger partial charge in [-0.2, -0.15) is 5.26 Å². The summed E-state index contributed by atoms with van der Waals surface area (Å²) in [5.74, 6) is 0.676. The Morgan fingerprint density at radius 2 is 1.97 bits per heavy atom. The molecule has 6 nitrogen and oxygen atoms in total. The number of aromatic nitrogens is 1. The molecule has 160 valence electrons. The molecule has 6 heteroatoms. The van der Waals surface area contributed by atoms with E-state index < -0.39 is 0 Å². The molecule has 0 aliphatic carbocycles. The highest BCUT2D eigenvalue weighted by molar-refractivity contribution is 5.77. The highest BCUT2D eigenvalue weighted by atomic mass is 16.1. The molecule has 1 aromatic carbocycles. The van der Waals surface area contributed by atoms with Crippen LogP contribution in [0, 0.1) is 25.2 Å². The molecule has 2 aromatic rings. The average molecular weight is 408 g/mol. The topological polar surface area (TPSA) is 81.0 Å². The lowest BCUT2D eigenvalue weighted by Gasteiger charge is -2.16. The summed E-state index contributed by atoms with van der Waals surface area (Å²) in [6, 6.07) is 11.9. The maximum absolute atomic E-state index is 12.0. The van der Waals surface area contributed by atoms with Crippen LogP contribution in [0.2, 0.25) is 0 Å². The molecule has 0 atom stereocenters. The van der Waals surface area contributed by atoms with Crippen molar-refractivity contribution in [2.75, 3.05) is 18.0 Å². The van der Waals surface area contributed by atoms with Crippen LogP contribution in [0.3, 0.4) is 0 Å². The van der Waals surface area contributed by atoms with E-state index in [9.17, 15) is 4.79 Å². The fraction of sp³-hybridized carbons (Fsp3) is 0.375. The first-order valence-electron chi connectivity index (χ1n) is 10.4. The molecule has 0 saturated heterocycles. The van der Waals surface area contributed by atoms with Crippen LogP contribution in [0.4, 0.5) is 5.82 Å².